The Morgan fingerprint density at radius 2 is 1.69 bits per heavy atom. The average molecular weight is 196 g/mol. The Labute approximate surface area is 79.0 Å². The van der Waals surface area contributed by atoms with Crippen LogP contribution in [0.4, 0.5) is 0 Å². The molecule has 0 bridgehead atoms. The van der Waals surface area contributed by atoms with Gasteiger partial charge in [-0.15, -0.1) is 6.58 Å². The molecular formula is C9H13N2OP. The van der Waals surface area contributed by atoms with Crippen molar-refractivity contribution in [3.05, 3.63) is 12.7 Å². The molecule has 70 valence electrons. The van der Waals surface area contributed by atoms with Crippen LogP contribution in [0.2, 0.25) is 0 Å². The van der Waals surface area contributed by atoms with Gasteiger partial charge in [0, 0.05) is 31.3 Å². The number of nitriles is 2. The summed E-state index contributed by atoms with van der Waals surface area (Å²) >= 11 is 0. The van der Waals surface area contributed by atoms with Crippen molar-refractivity contribution in [2.24, 2.45) is 0 Å². The zero-order chi connectivity index (χ0) is 10.2. The minimum atomic E-state index is -2.32. The summed E-state index contributed by atoms with van der Waals surface area (Å²) < 4.78 is 12.0. The molecule has 3 nitrogen and oxygen atoms in total. The Hall–Kier alpha value is -1.05. The Morgan fingerprint density at radius 1 is 1.23 bits per heavy atom. The summed E-state index contributed by atoms with van der Waals surface area (Å²) in [6, 6.07) is 3.94. The molecule has 0 aromatic heterocycles. The molecule has 0 rings (SSSR count). The first kappa shape index (κ1) is 11.9. The van der Waals surface area contributed by atoms with E-state index in [2.05, 4.69) is 6.58 Å². The van der Waals surface area contributed by atoms with Gasteiger partial charge in [0.2, 0.25) is 0 Å². The van der Waals surface area contributed by atoms with Crippen LogP contribution >= 0.6 is 7.14 Å². The summed E-state index contributed by atoms with van der Waals surface area (Å²) in [5, 5.41) is 16.7. The Balaban J connectivity index is 4.19. The molecule has 0 aromatic carbocycles. The first-order valence-electron chi connectivity index (χ1n) is 4.10. The zero-order valence-corrected chi connectivity index (χ0v) is 8.46. The molecule has 0 aliphatic heterocycles. The van der Waals surface area contributed by atoms with Gasteiger partial charge in [-0.3, -0.25) is 0 Å². The first-order valence-corrected chi connectivity index (χ1v) is 6.36. The molecule has 0 saturated carbocycles. The molecule has 13 heavy (non-hydrogen) atoms. The highest BCUT2D eigenvalue weighted by molar-refractivity contribution is 7.64. The molecule has 0 aromatic rings. The second-order valence-corrected chi connectivity index (χ2v) is 6.17. The molecule has 0 radical (unpaired) electrons. The van der Waals surface area contributed by atoms with E-state index in [0.717, 1.165) is 0 Å². The maximum Gasteiger partial charge on any atom is 0.0933 e. The molecule has 0 atom stereocenters. The van der Waals surface area contributed by atoms with Crippen molar-refractivity contribution in [3.63, 3.8) is 0 Å². The van der Waals surface area contributed by atoms with Gasteiger partial charge in [0.15, 0.2) is 0 Å². The summed E-state index contributed by atoms with van der Waals surface area (Å²) in [7, 11) is -2.32. The van der Waals surface area contributed by atoms with E-state index in [9.17, 15) is 4.57 Å². The van der Waals surface area contributed by atoms with Gasteiger partial charge in [-0.05, 0) is 0 Å². The summed E-state index contributed by atoms with van der Waals surface area (Å²) in [4.78, 5) is 0. The van der Waals surface area contributed by atoms with Crippen LogP contribution in [0.25, 0.3) is 0 Å². The SMILES string of the molecule is C=CCP(=O)(CCC#N)CCC#N. The van der Waals surface area contributed by atoms with E-state index in [0.29, 0.717) is 31.3 Å². The second kappa shape index (κ2) is 6.46. The Kier molecular flexibility index (Phi) is 5.94. The Morgan fingerprint density at radius 3 is 2.00 bits per heavy atom. The van der Waals surface area contributed by atoms with Crippen LogP contribution < -0.4 is 0 Å². The van der Waals surface area contributed by atoms with Crippen LogP contribution in [0.5, 0.6) is 0 Å². The molecule has 4 heteroatoms. The number of nitrogens with zero attached hydrogens (tertiary/aromatic N) is 2. The van der Waals surface area contributed by atoms with E-state index in [1.807, 2.05) is 12.1 Å². The van der Waals surface area contributed by atoms with Gasteiger partial charge < -0.3 is 4.57 Å². The summed E-state index contributed by atoms with van der Waals surface area (Å²) in [6.07, 6.45) is 3.48. The standard InChI is InChI=1S/C9H13N2OP/c1-2-7-13(12,8-3-5-10)9-4-6-11/h2H,1,3-4,7-9H2. The third-order valence-corrected chi connectivity index (χ3v) is 4.73. The molecule has 0 fully saturated rings. The van der Waals surface area contributed by atoms with Gasteiger partial charge >= 0.3 is 0 Å². The smallest absolute Gasteiger partial charge is 0.0933 e. The van der Waals surface area contributed by atoms with Crippen LogP contribution in [0.1, 0.15) is 12.8 Å². The van der Waals surface area contributed by atoms with Crippen molar-refractivity contribution in [1.29, 1.82) is 10.5 Å². The largest absolute Gasteiger partial charge is 0.323 e. The molecule has 0 heterocycles. The van der Waals surface area contributed by atoms with Gasteiger partial charge in [-0.2, -0.15) is 10.5 Å². The van der Waals surface area contributed by atoms with Gasteiger partial charge in [0.1, 0.15) is 0 Å². The van der Waals surface area contributed by atoms with Gasteiger partial charge in [-0.25, -0.2) is 0 Å². The molecule has 0 unspecified atom stereocenters. The van der Waals surface area contributed by atoms with Crippen LogP contribution in [-0.4, -0.2) is 18.5 Å². The predicted octanol–water partition coefficient (Wildman–Crippen LogP) is 2.36. The van der Waals surface area contributed by atoms with E-state index >= 15 is 0 Å². The monoisotopic (exact) mass is 196 g/mol. The highest BCUT2D eigenvalue weighted by Gasteiger charge is 2.18. The number of allylic oxidation sites excluding steroid dienone is 1. The lowest BCUT2D eigenvalue weighted by atomic mass is 10.5. The molecule has 0 N–H and O–H groups in total. The van der Waals surface area contributed by atoms with E-state index < -0.39 is 7.14 Å². The van der Waals surface area contributed by atoms with E-state index in [4.69, 9.17) is 10.5 Å². The lowest BCUT2D eigenvalue weighted by Gasteiger charge is -2.12. The van der Waals surface area contributed by atoms with E-state index in [1.54, 1.807) is 6.08 Å². The van der Waals surface area contributed by atoms with Crippen molar-refractivity contribution in [2.45, 2.75) is 12.8 Å². The molecular weight excluding hydrogens is 183 g/mol. The van der Waals surface area contributed by atoms with E-state index in [1.165, 1.54) is 0 Å². The number of hydrogen-bond donors (Lipinski definition) is 0. The Bertz CT molecular complexity index is 263. The average Bonchev–Trinajstić information content (AvgIpc) is 2.12. The van der Waals surface area contributed by atoms with Crippen LogP contribution in [-0.2, 0) is 4.57 Å². The third kappa shape index (κ3) is 5.23. The molecule has 0 saturated heterocycles. The van der Waals surface area contributed by atoms with Crippen molar-refractivity contribution in [2.75, 3.05) is 18.5 Å². The fourth-order valence-electron chi connectivity index (χ4n) is 1.04. The lowest BCUT2D eigenvalue weighted by molar-refractivity contribution is 0.576. The molecule has 0 aliphatic rings. The van der Waals surface area contributed by atoms with Crippen molar-refractivity contribution in [1.82, 2.24) is 0 Å². The predicted molar refractivity (Wildman–Crippen MR) is 52.9 cm³/mol. The number of rotatable bonds is 6. The molecule has 0 spiro atoms. The highest BCUT2D eigenvalue weighted by atomic mass is 31.2. The van der Waals surface area contributed by atoms with Gasteiger partial charge in [0.05, 0.1) is 19.3 Å². The second-order valence-electron chi connectivity index (χ2n) is 2.79. The topological polar surface area (TPSA) is 64.7 Å². The molecule has 0 amide bonds. The van der Waals surface area contributed by atoms with Crippen LogP contribution in [0, 0.1) is 22.7 Å². The fourth-order valence-corrected chi connectivity index (χ4v) is 3.11. The minimum absolute atomic E-state index is 0.302. The normalized spacial score (nSPS) is 10.0. The highest BCUT2D eigenvalue weighted by Crippen LogP contribution is 2.46. The summed E-state index contributed by atoms with van der Waals surface area (Å²) in [6.45, 7) is 3.52. The number of hydrogen-bond acceptors (Lipinski definition) is 3. The maximum absolute atomic E-state index is 12.0. The van der Waals surface area contributed by atoms with Crippen molar-refractivity contribution in [3.8, 4) is 12.1 Å². The lowest BCUT2D eigenvalue weighted by Crippen LogP contribution is -1.97. The molecule has 0 aliphatic carbocycles. The van der Waals surface area contributed by atoms with Crippen LogP contribution in [0.15, 0.2) is 12.7 Å². The summed E-state index contributed by atoms with van der Waals surface area (Å²) in [5.74, 6) is 0. The minimum Gasteiger partial charge on any atom is -0.323 e. The van der Waals surface area contributed by atoms with Gasteiger partial charge in [-0.1, -0.05) is 6.08 Å². The fraction of sp³-hybridized carbons (Fsp3) is 0.556. The van der Waals surface area contributed by atoms with Crippen molar-refractivity contribution < 1.29 is 4.57 Å². The van der Waals surface area contributed by atoms with Gasteiger partial charge in [0.25, 0.3) is 0 Å². The van der Waals surface area contributed by atoms with Crippen molar-refractivity contribution >= 4 is 7.14 Å². The third-order valence-electron chi connectivity index (χ3n) is 1.72. The zero-order valence-electron chi connectivity index (χ0n) is 7.57. The maximum atomic E-state index is 12.0. The first-order chi connectivity index (χ1) is 6.18. The quantitative estimate of drug-likeness (QED) is 0.483. The summed E-state index contributed by atoms with van der Waals surface area (Å²) in [5.41, 5.74) is 0. The van der Waals surface area contributed by atoms with E-state index in [-0.39, 0.29) is 0 Å². The van der Waals surface area contributed by atoms with Crippen LogP contribution in [0.3, 0.4) is 0 Å².